The van der Waals surface area contributed by atoms with E-state index in [0.29, 0.717) is 30.6 Å². The van der Waals surface area contributed by atoms with Gasteiger partial charge in [0.1, 0.15) is 11.9 Å². The van der Waals surface area contributed by atoms with Crippen LogP contribution in [0.15, 0.2) is 12.1 Å². The smallest absolute Gasteiger partial charge is 0.242 e. The van der Waals surface area contributed by atoms with Crippen LogP contribution in [0.4, 0.5) is 10.1 Å². The summed E-state index contributed by atoms with van der Waals surface area (Å²) in [4.78, 5) is 12.7. The van der Waals surface area contributed by atoms with Crippen LogP contribution >= 0.6 is 11.6 Å². The number of unbranched alkanes of at least 4 members (excludes halogenated alkanes) is 1. The minimum Gasteiger partial charge on any atom is -0.323 e. The first kappa shape index (κ1) is 19.1. The molecule has 1 N–H and O–H groups in total. The number of hydrogen-bond donors (Lipinski definition) is 1. The summed E-state index contributed by atoms with van der Waals surface area (Å²) in [7, 11) is -3.40. The Morgan fingerprint density at radius 1 is 1.46 bits per heavy atom. The van der Waals surface area contributed by atoms with Crippen LogP contribution in [-0.4, -0.2) is 37.0 Å². The Hall–Kier alpha value is -1.18. The molecule has 1 amide bonds. The Balaban J connectivity index is 2.24. The minimum absolute atomic E-state index is 0.0688. The standard InChI is InChI=1S/C16H22ClFN2O3S/c1-3-4-6-15(20-7-5-8-24(20,22)23)16(21)19-14-9-11(2)13(18)10-12(14)17/h9-10,15H,3-8H2,1-2H3,(H,19,21). The van der Waals surface area contributed by atoms with Crippen molar-refractivity contribution in [2.24, 2.45) is 0 Å². The van der Waals surface area contributed by atoms with Crippen molar-refractivity contribution in [2.45, 2.75) is 45.6 Å². The Morgan fingerprint density at radius 2 is 2.17 bits per heavy atom. The van der Waals surface area contributed by atoms with Crippen molar-refractivity contribution in [3.8, 4) is 0 Å². The molecule has 0 radical (unpaired) electrons. The fourth-order valence-electron chi connectivity index (χ4n) is 2.78. The number of sulfonamides is 1. The first-order valence-corrected chi connectivity index (χ1v) is 10.0. The van der Waals surface area contributed by atoms with Crippen LogP contribution in [0.2, 0.25) is 5.02 Å². The first-order valence-electron chi connectivity index (χ1n) is 8.02. The maximum atomic E-state index is 13.5. The molecule has 1 saturated heterocycles. The minimum atomic E-state index is -3.40. The molecular weight excluding hydrogens is 355 g/mol. The van der Waals surface area contributed by atoms with Crippen LogP contribution in [0.5, 0.6) is 0 Å². The van der Waals surface area contributed by atoms with Crippen LogP contribution in [0, 0.1) is 12.7 Å². The number of anilines is 1. The van der Waals surface area contributed by atoms with Gasteiger partial charge in [-0.05, 0) is 37.5 Å². The number of nitrogens with one attached hydrogen (secondary N) is 1. The summed E-state index contributed by atoms with van der Waals surface area (Å²) in [5, 5.41) is 2.75. The van der Waals surface area contributed by atoms with E-state index in [1.54, 1.807) is 6.92 Å². The van der Waals surface area contributed by atoms with Gasteiger partial charge in [-0.15, -0.1) is 0 Å². The summed E-state index contributed by atoms with van der Waals surface area (Å²) >= 11 is 5.98. The lowest BCUT2D eigenvalue weighted by Crippen LogP contribution is -2.45. The largest absolute Gasteiger partial charge is 0.323 e. The summed E-state index contributed by atoms with van der Waals surface area (Å²) < 4.78 is 39.1. The van der Waals surface area contributed by atoms with Gasteiger partial charge >= 0.3 is 0 Å². The zero-order valence-corrected chi connectivity index (χ0v) is 15.4. The van der Waals surface area contributed by atoms with Crippen LogP contribution in [-0.2, 0) is 14.8 Å². The van der Waals surface area contributed by atoms with E-state index in [1.807, 2.05) is 6.92 Å². The molecule has 0 spiro atoms. The highest BCUT2D eigenvalue weighted by Crippen LogP contribution is 2.27. The maximum absolute atomic E-state index is 13.5. The van der Waals surface area contributed by atoms with Gasteiger partial charge in [0, 0.05) is 6.54 Å². The molecule has 0 aliphatic carbocycles. The van der Waals surface area contributed by atoms with E-state index in [9.17, 15) is 17.6 Å². The van der Waals surface area contributed by atoms with Gasteiger partial charge in [0.2, 0.25) is 15.9 Å². The van der Waals surface area contributed by atoms with Gasteiger partial charge in [-0.25, -0.2) is 12.8 Å². The van der Waals surface area contributed by atoms with Crippen LogP contribution in [0.25, 0.3) is 0 Å². The van der Waals surface area contributed by atoms with Gasteiger partial charge in [0.05, 0.1) is 16.5 Å². The van der Waals surface area contributed by atoms with Crippen molar-refractivity contribution in [1.82, 2.24) is 4.31 Å². The predicted molar refractivity (Wildman–Crippen MR) is 93.2 cm³/mol. The number of amides is 1. The molecule has 1 aromatic carbocycles. The topological polar surface area (TPSA) is 66.5 Å². The average molecular weight is 377 g/mol. The molecule has 8 heteroatoms. The lowest BCUT2D eigenvalue weighted by Gasteiger charge is -2.25. The van der Waals surface area contributed by atoms with Crippen LogP contribution < -0.4 is 5.32 Å². The predicted octanol–water partition coefficient (Wildman–Crippen LogP) is 3.32. The summed E-state index contributed by atoms with van der Waals surface area (Å²) in [6, 6.07) is 1.82. The number of hydrogen-bond acceptors (Lipinski definition) is 3. The summed E-state index contributed by atoms with van der Waals surface area (Å²) in [5.41, 5.74) is 0.646. The molecule has 1 aliphatic heterocycles. The molecule has 1 unspecified atom stereocenters. The molecule has 0 bridgehead atoms. The van der Waals surface area contributed by atoms with E-state index in [1.165, 1.54) is 10.4 Å². The molecule has 1 aromatic rings. The third-order valence-electron chi connectivity index (χ3n) is 4.13. The van der Waals surface area contributed by atoms with Crippen molar-refractivity contribution in [1.29, 1.82) is 0 Å². The molecule has 134 valence electrons. The fourth-order valence-corrected chi connectivity index (χ4v) is 4.70. The van der Waals surface area contributed by atoms with Gasteiger partial charge in [-0.3, -0.25) is 4.79 Å². The van der Waals surface area contributed by atoms with Gasteiger partial charge in [0.25, 0.3) is 0 Å². The van der Waals surface area contributed by atoms with E-state index in [2.05, 4.69) is 5.32 Å². The maximum Gasteiger partial charge on any atom is 0.242 e. The Bertz CT molecular complexity index is 724. The molecule has 2 rings (SSSR count). The quantitative estimate of drug-likeness (QED) is 0.828. The lowest BCUT2D eigenvalue weighted by molar-refractivity contribution is -0.119. The molecule has 5 nitrogen and oxygen atoms in total. The lowest BCUT2D eigenvalue weighted by atomic mass is 10.1. The third kappa shape index (κ3) is 4.26. The summed E-state index contributed by atoms with van der Waals surface area (Å²) in [5.74, 6) is -0.816. The normalized spacial score (nSPS) is 18.5. The SMILES string of the molecule is CCCCC(C(=O)Nc1cc(C)c(F)cc1Cl)N1CCCS1(=O)=O. The summed E-state index contributed by atoms with van der Waals surface area (Å²) in [6.45, 7) is 3.90. The molecule has 1 atom stereocenters. The molecular formula is C16H22ClFN2O3S. The van der Waals surface area contributed by atoms with Crippen molar-refractivity contribution >= 4 is 33.2 Å². The molecule has 24 heavy (non-hydrogen) atoms. The number of rotatable bonds is 6. The highest BCUT2D eigenvalue weighted by atomic mass is 35.5. The van der Waals surface area contributed by atoms with E-state index < -0.39 is 27.8 Å². The van der Waals surface area contributed by atoms with E-state index >= 15 is 0 Å². The van der Waals surface area contributed by atoms with Gasteiger partial charge in [-0.1, -0.05) is 31.4 Å². The van der Waals surface area contributed by atoms with E-state index in [-0.39, 0.29) is 10.8 Å². The van der Waals surface area contributed by atoms with Crippen LogP contribution in [0.1, 0.15) is 38.2 Å². The zero-order chi connectivity index (χ0) is 17.9. The van der Waals surface area contributed by atoms with Crippen LogP contribution in [0.3, 0.4) is 0 Å². The highest BCUT2D eigenvalue weighted by molar-refractivity contribution is 7.89. The number of nitrogens with zero attached hydrogens (tertiary/aromatic N) is 1. The molecule has 1 heterocycles. The molecule has 0 aromatic heterocycles. The molecule has 1 fully saturated rings. The van der Waals surface area contributed by atoms with Crippen molar-refractivity contribution in [3.63, 3.8) is 0 Å². The second kappa shape index (κ2) is 7.80. The van der Waals surface area contributed by atoms with Gasteiger partial charge in [0.15, 0.2) is 0 Å². The van der Waals surface area contributed by atoms with Crippen molar-refractivity contribution < 1.29 is 17.6 Å². The Morgan fingerprint density at radius 3 is 2.75 bits per heavy atom. The fraction of sp³-hybridized carbons (Fsp3) is 0.562. The summed E-state index contributed by atoms with van der Waals surface area (Å²) in [6.07, 6.45) is 2.56. The zero-order valence-electron chi connectivity index (χ0n) is 13.8. The van der Waals surface area contributed by atoms with Crippen molar-refractivity contribution in [3.05, 3.63) is 28.5 Å². The monoisotopic (exact) mass is 376 g/mol. The van der Waals surface area contributed by atoms with E-state index in [4.69, 9.17) is 11.6 Å². The third-order valence-corrected chi connectivity index (χ3v) is 6.39. The Kier molecular flexibility index (Phi) is 6.22. The molecule has 0 saturated carbocycles. The number of halogens is 2. The van der Waals surface area contributed by atoms with Gasteiger partial charge in [-0.2, -0.15) is 4.31 Å². The average Bonchev–Trinajstić information content (AvgIpc) is 2.85. The van der Waals surface area contributed by atoms with Crippen molar-refractivity contribution in [2.75, 3.05) is 17.6 Å². The van der Waals surface area contributed by atoms with E-state index in [0.717, 1.165) is 18.9 Å². The highest BCUT2D eigenvalue weighted by Gasteiger charge is 2.38. The number of benzene rings is 1. The Labute approximate surface area is 147 Å². The first-order chi connectivity index (χ1) is 11.3. The number of carbonyl (C=O) groups is 1. The number of carbonyl (C=O) groups excluding carboxylic acids is 1. The molecule has 1 aliphatic rings. The second-order valence-corrected chi connectivity index (χ2v) is 8.46. The van der Waals surface area contributed by atoms with Gasteiger partial charge < -0.3 is 5.32 Å². The number of aryl methyl sites for hydroxylation is 1. The second-order valence-electron chi connectivity index (χ2n) is 6.01.